The Labute approximate surface area is 112 Å². The Bertz CT molecular complexity index is 323. The molecule has 1 aromatic carbocycles. The highest BCUT2D eigenvalue weighted by atomic mass is 14.9. The van der Waals surface area contributed by atoms with Gasteiger partial charge < -0.3 is 11.1 Å². The average Bonchev–Trinajstić information content (AvgIpc) is 2.38. The number of hydrogen-bond donors (Lipinski definition) is 2. The van der Waals surface area contributed by atoms with Gasteiger partial charge >= 0.3 is 0 Å². The van der Waals surface area contributed by atoms with Gasteiger partial charge in [-0.15, -0.1) is 0 Å². The molecule has 3 N–H and O–H groups in total. The molecule has 0 bridgehead atoms. The summed E-state index contributed by atoms with van der Waals surface area (Å²) in [5.41, 5.74) is 8.42. The first-order valence-electron chi connectivity index (χ1n) is 7.28. The predicted octanol–water partition coefficient (Wildman–Crippen LogP) is 3.25. The number of nitrogens with one attached hydrogen (secondary N) is 1. The van der Waals surface area contributed by atoms with Crippen LogP contribution in [0.3, 0.4) is 0 Å². The minimum atomic E-state index is 0.600. The summed E-state index contributed by atoms with van der Waals surface area (Å²) in [6.45, 7) is 6.22. The Morgan fingerprint density at radius 3 is 2.56 bits per heavy atom. The molecule has 102 valence electrons. The van der Waals surface area contributed by atoms with E-state index in [2.05, 4.69) is 43.4 Å². The van der Waals surface area contributed by atoms with E-state index in [0.717, 1.165) is 19.5 Å². The van der Waals surface area contributed by atoms with E-state index in [1.54, 1.807) is 0 Å². The molecule has 2 nitrogen and oxygen atoms in total. The van der Waals surface area contributed by atoms with Gasteiger partial charge in [0.2, 0.25) is 0 Å². The maximum absolute atomic E-state index is 5.65. The van der Waals surface area contributed by atoms with Crippen molar-refractivity contribution in [3.8, 4) is 0 Å². The molecule has 0 saturated heterocycles. The molecule has 0 aliphatic carbocycles. The van der Waals surface area contributed by atoms with Gasteiger partial charge in [-0.05, 0) is 37.4 Å². The quantitative estimate of drug-likeness (QED) is 0.658. The summed E-state index contributed by atoms with van der Waals surface area (Å²) in [6, 6.07) is 9.20. The molecule has 1 aromatic rings. The van der Waals surface area contributed by atoms with Crippen molar-refractivity contribution in [2.24, 2.45) is 5.73 Å². The molecule has 0 aliphatic heterocycles. The Kier molecular flexibility index (Phi) is 7.70. The van der Waals surface area contributed by atoms with E-state index in [0.29, 0.717) is 6.04 Å². The number of rotatable bonds is 9. The number of benzene rings is 1. The van der Waals surface area contributed by atoms with Gasteiger partial charge in [0.1, 0.15) is 0 Å². The van der Waals surface area contributed by atoms with E-state index >= 15 is 0 Å². The number of nitrogens with two attached hydrogens (primary N) is 1. The van der Waals surface area contributed by atoms with Crippen molar-refractivity contribution in [3.63, 3.8) is 0 Å². The van der Waals surface area contributed by atoms with Crippen molar-refractivity contribution in [2.45, 2.75) is 58.5 Å². The molecule has 1 atom stereocenters. The smallest absolute Gasteiger partial charge is 0.0210 e. The second-order valence-electron chi connectivity index (χ2n) is 5.09. The van der Waals surface area contributed by atoms with E-state index in [1.807, 2.05) is 0 Å². The summed E-state index contributed by atoms with van der Waals surface area (Å²) in [7, 11) is 0. The molecular formula is C16H28N2. The Hall–Kier alpha value is -0.860. The number of unbranched alkanes of at least 4 members (excludes halogenated alkanes) is 2. The fourth-order valence-electron chi connectivity index (χ4n) is 2.22. The predicted molar refractivity (Wildman–Crippen MR) is 79.6 cm³/mol. The van der Waals surface area contributed by atoms with Crippen LogP contribution in [0.2, 0.25) is 0 Å². The molecule has 0 aromatic heterocycles. The Morgan fingerprint density at radius 2 is 1.89 bits per heavy atom. The molecule has 0 spiro atoms. The van der Waals surface area contributed by atoms with Gasteiger partial charge in [0.15, 0.2) is 0 Å². The zero-order valence-corrected chi connectivity index (χ0v) is 11.9. The van der Waals surface area contributed by atoms with E-state index in [-0.39, 0.29) is 0 Å². The third-order valence-electron chi connectivity index (χ3n) is 3.41. The summed E-state index contributed by atoms with van der Waals surface area (Å²) >= 11 is 0. The third-order valence-corrected chi connectivity index (χ3v) is 3.41. The summed E-state index contributed by atoms with van der Waals surface area (Å²) in [5, 5.41) is 3.62. The molecule has 0 aliphatic rings. The van der Waals surface area contributed by atoms with Crippen LogP contribution in [0.5, 0.6) is 0 Å². The van der Waals surface area contributed by atoms with Crippen molar-refractivity contribution < 1.29 is 0 Å². The van der Waals surface area contributed by atoms with Crippen LogP contribution in [-0.4, -0.2) is 12.6 Å². The second-order valence-corrected chi connectivity index (χ2v) is 5.09. The highest BCUT2D eigenvalue weighted by Gasteiger charge is 2.04. The lowest BCUT2D eigenvalue weighted by Crippen LogP contribution is -2.26. The molecular weight excluding hydrogens is 220 g/mol. The minimum Gasteiger partial charge on any atom is -0.330 e. The van der Waals surface area contributed by atoms with Gasteiger partial charge in [-0.2, -0.15) is 0 Å². The fraction of sp³-hybridized carbons (Fsp3) is 0.625. The molecule has 2 heteroatoms. The van der Waals surface area contributed by atoms with Crippen LogP contribution in [-0.2, 0) is 13.0 Å². The third kappa shape index (κ3) is 5.65. The molecule has 0 amide bonds. The standard InChI is InChI=1S/C16H28N2/c1-3-4-5-8-14(2)18-13-16-10-7-6-9-15(16)11-12-17/h6-7,9-10,14,18H,3-5,8,11-13,17H2,1-2H3. The van der Waals surface area contributed by atoms with E-state index < -0.39 is 0 Å². The summed E-state index contributed by atoms with van der Waals surface area (Å²) < 4.78 is 0. The zero-order chi connectivity index (χ0) is 13.2. The Balaban J connectivity index is 2.37. The first-order chi connectivity index (χ1) is 8.77. The average molecular weight is 248 g/mol. The lowest BCUT2D eigenvalue weighted by atomic mass is 10.0. The summed E-state index contributed by atoms with van der Waals surface area (Å²) in [6.07, 6.45) is 6.21. The monoisotopic (exact) mass is 248 g/mol. The van der Waals surface area contributed by atoms with Gasteiger partial charge in [0.05, 0.1) is 0 Å². The van der Waals surface area contributed by atoms with Gasteiger partial charge in [-0.1, -0.05) is 50.5 Å². The lowest BCUT2D eigenvalue weighted by molar-refractivity contribution is 0.486. The number of hydrogen-bond acceptors (Lipinski definition) is 2. The second kappa shape index (κ2) is 9.12. The van der Waals surface area contributed by atoms with Gasteiger partial charge in [0, 0.05) is 12.6 Å². The molecule has 0 fully saturated rings. The van der Waals surface area contributed by atoms with Crippen LogP contribution in [0.1, 0.15) is 50.7 Å². The van der Waals surface area contributed by atoms with Crippen molar-refractivity contribution >= 4 is 0 Å². The largest absolute Gasteiger partial charge is 0.330 e. The Morgan fingerprint density at radius 1 is 1.17 bits per heavy atom. The normalized spacial score (nSPS) is 12.6. The van der Waals surface area contributed by atoms with Crippen molar-refractivity contribution in [1.82, 2.24) is 5.32 Å². The van der Waals surface area contributed by atoms with Crippen molar-refractivity contribution in [2.75, 3.05) is 6.54 Å². The van der Waals surface area contributed by atoms with Crippen LogP contribution in [0.4, 0.5) is 0 Å². The van der Waals surface area contributed by atoms with Gasteiger partial charge in [-0.25, -0.2) is 0 Å². The van der Waals surface area contributed by atoms with Gasteiger partial charge in [0.25, 0.3) is 0 Å². The van der Waals surface area contributed by atoms with Crippen LogP contribution >= 0.6 is 0 Å². The highest BCUT2D eigenvalue weighted by molar-refractivity contribution is 5.27. The molecule has 1 unspecified atom stereocenters. The molecule has 18 heavy (non-hydrogen) atoms. The van der Waals surface area contributed by atoms with E-state index in [4.69, 9.17) is 5.73 Å². The lowest BCUT2D eigenvalue weighted by Gasteiger charge is -2.15. The van der Waals surface area contributed by atoms with Crippen molar-refractivity contribution in [1.29, 1.82) is 0 Å². The zero-order valence-electron chi connectivity index (χ0n) is 11.9. The summed E-state index contributed by atoms with van der Waals surface area (Å²) in [4.78, 5) is 0. The minimum absolute atomic E-state index is 0.600. The van der Waals surface area contributed by atoms with Crippen molar-refractivity contribution in [3.05, 3.63) is 35.4 Å². The van der Waals surface area contributed by atoms with E-state index in [9.17, 15) is 0 Å². The summed E-state index contributed by atoms with van der Waals surface area (Å²) in [5.74, 6) is 0. The molecule has 1 rings (SSSR count). The van der Waals surface area contributed by atoms with Gasteiger partial charge in [-0.3, -0.25) is 0 Å². The molecule has 0 heterocycles. The SMILES string of the molecule is CCCCCC(C)NCc1ccccc1CCN. The molecule has 0 saturated carbocycles. The molecule has 0 radical (unpaired) electrons. The fourth-order valence-corrected chi connectivity index (χ4v) is 2.22. The van der Waals surface area contributed by atoms with Crippen LogP contribution in [0.25, 0.3) is 0 Å². The topological polar surface area (TPSA) is 38.0 Å². The van der Waals surface area contributed by atoms with Crippen LogP contribution < -0.4 is 11.1 Å². The first kappa shape index (κ1) is 15.2. The van der Waals surface area contributed by atoms with E-state index in [1.165, 1.54) is 36.8 Å². The van der Waals surface area contributed by atoms with Crippen LogP contribution in [0.15, 0.2) is 24.3 Å². The maximum atomic E-state index is 5.65. The first-order valence-corrected chi connectivity index (χ1v) is 7.28. The highest BCUT2D eigenvalue weighted by Crippen LogP contribution is 2.10. The maximum Gasteiger partial charge on any atom is 0.0210 e. The van der Waals surface area contributed by atoms with Crippen LogP contribution in [0, 0.1) is 0 Å².